The second kappa shape index (κ2) is 3.75. The van der Waals surface area contributed by atoms with Crippen LogP contribution in [0.2, 0.25) is 5.02 Å². The number of rotatable bonds is 2. The van der Waals surface area contributed by atoms with Crippen LogP contribution < -0.4 is 10.5 Å². The average molecular weight is 202 g/mol. The summed E-state index contributed by atoms with van der Waals surface area (Å²) in [7, 11) is 1.51. The lowest BCUT2D eigenvalue weighted by Gasteiger charge is -2.11. The molecule has 0 radical (unpaired) electrons. The van der Waals surface area contributed by atoms with Crippen molar-refractivity contribution in [2.75, 3.05) is 12.8 Å². The van der Waals surface area contributed by atoms with Gasteiger partial charge in [-0.25, -0.2) is 0 Å². The van der Waals surface area contributed by atoms with Crippen LogP contribution in [-0.4, -0.2) is 12.2 Å². The molecule has 1 aromatic carbocycles. The maximum absolute atomic E-state index is 9.40. The minimum Gasteiger partial charge on any atom is -0.504 e. The Kier molecular flexibility index (Phi) is 2.88. The molecule has 0 spiro atoms. The van der Waals surface area contributed by atoms with Crippen LogP contribution in [0, 0.1) is 0 Å². The number of benzene rings is 1. The number of aryl methyl sites for hydroxylation is 1. The largest absolute Gasteiger partial charge is 0.504 e. The normalized spacial score (nSPS) is 10.1. The van der Waals surface area contributed by atoms with Gasteiger partial charge in [-0.2, -0.15) is 0 Å². The van der Waals surface area contributed by atoms with E-state index in [1.807, 2.05) is 6.92 Å². The van der Waals surface area contributed by atoms with Crippen molar-refractivity contribution in [1.82, 2.24) is 0 Å². The van der Waals surface area contributed by atoms with Crippen LogP contribution in [0.25, 0.3) is 0 Å². The molecule has 0 aliphatic rings. The van der Waals surface area contributed by atoms with Crippen molar-refractivity contribution >= 4 is 17.3 Å². The van der Waals surface area contributed by atoms with Gasteiger partial charge in [-0.15, -0.1) is 0 Å². The zero-order valence-corrected chi connectivity index (χ0v) is 8.35. The van der Waals surface area contributed by atoms with Gasteiger partial charge in [0.1, 0.15) is 10.8 Å². The molecule has 0 amide bonds. The number of phenolic OH excluding ortho intramolecular Hbond substituents is 1. The Balaban J connectivity index is 3.39. The number of halogens is 1. The maximum atomic E-state index is 9.40. The fraction of sp³-hybridized carbons (Fsp3) is 0.333. The number of methoxy groups -OCH3 is 1. The molecular weight excluding hydrogens is 190 g/mol. The summed E-state index contributed by atoms with van der Waals surface area (Å²) in [6, 6.07) is 1.67. The van der Waals surface area contributed by atoms with Gasteiger partial charge in [0.2, 0.25) is 0 Å². The lowest BCUT2D eigenvalue weighted by atomic mass is 10.1. The predicted octanol–water partition coefficient (Wildman–Crippen LogP) is 2.20. The van der Waals surface area contributed by atoms with E-state index in [2.05, 4.69) is 0 Å². The summed E-state index contributed by atoms with van der Waals surface area (Å²) >= 11 is 5.83. The molecule has 0 atom stereocenters. The van der Waals surface area contributed by atoms with E-state index in [0.717, 1.165) is 12.0 Å². The molecule has 0 unspecified atom stereocenters. The fourth-order valence-electron chi connectivity index (χ4n) is 1.18. The number of hydrogen-bond acceptors (Lipinski definition) is 3. The van der Waals surface area contributed by atoms with E-state index >= 15 is 0 Å². The molecule has 0 aliphatic heterocycles. The van der Waals surface area contributed by atoms with Crippen molar-refractivity contribution in [2.45, 2.75) is 13.3 Å². The van der Waals surface area contributed by atoms with Gasteiger partial charge in [-0.3, -0.25) is 0 Å². The maximum Gasteiger partial charge on any atom is 0.161 e. The van der Waals surface area contributed by atoms with Crippen molar-refractivity contribution in [1.29, 1.82) is 0 Å². The zero-order chi connectivity index (χ0) is 10.0. The van der Waals surface area contributed by atoms with Gasteiger partial charge >= 0.3 is 0 Å². The Morgan fingerprint density at radius 1 is 1.62 bits per heavy atom. The second-order valence-electron chi connectivity index (χ2n) is 2.67. The Morgan fingerprint density at radius 3 is 2.69 bits per heavy atom. The van der Waals surface area contributed by atoms with Crippen LogP contribution in [0.1, 0.15) is 12.5 Å². The lowest BCUT2D eigenvalue weighted by Crippen LogP contribution is -1.95. The molecule has 13 heavy (non-hydrogen) atoms. The zero-order valence-electron chi connectivity index (χ0n) is 7.60. The van der Waals surface area contributed by atoms with Crippen molar-refractivity contribution in [2.24, 2.45) is 0 Å². The Morgan fingerprint density at radius 2 is 2.23 bits per heavy atom. The highest BCUT2D eigenvalue weighted by atomic mass is 35.5. The highest BCUT2D eigenvalue weighted by molar-refractivity contribution is 6.34. The van der Waals surface area contributed by atoms with Crippen LogP contribution in [0.5, 0.6) is 11.5 Å². The molecule has 0 saturated carbocycles. The third-order valence-corrected chi connectivity index (χ3v) is 2.24. The molecule has 4 heteroatoms. The van der Waals surface area contributed by atoms with Gasteiger partial charge in [-0.1, -0.05) is 18.5 Å². The van der Waals surface area contributed by atoms with Crippen molar-refractivity contribution in [3.63, 3.8) is 0 Å². The summed E-state index contributed by atoms with van der Waals surface area (Å²) in [5, 5.41) is 9.58. The predicted molar refractivity (Wildman–Crippen MR) is 53.5 cm³/mol. The highest BCUT2D eigenvalue weighted by Gasteiger charge is 2.13. The van der Waals surface area contributed by atoms with Crippen LogP contribution >= 0.6 is 11.6 Å². The van der Waals surface area contributed by atoms with Crippen LogP contribution in [0.4, 0.5) is 5.69 Å². The first-order chi connectivity index (χ1) is 6.11. The summed E-state index contributed by atoms with van der Waals surface area (Å²) in [6.45, 7) is 1.96. The van der Waals surface area contributed by atoms with Crippen LogP contribution in [0.15, 0.2) is 6.07 Å². The summed E-state index contributed by atoms with van der Waals surface area (Å²) in [5.74, 6) is 0.381. The minimum absolute atomic E-state index is 0.115. The first kappa shape index (κ1) is 9.99. The third-order valence-electron chi connectivity index (χ3n) is 1.89. The highest BCUT2D eigenvalue weighted by Crippen LogP contribution is 2.40. The molecular formula is C9H12ClNO2. The summed E-state index contributed by atoms with van der Waals surface area (Å²) in [5.41, 5.74) is 6.70. The van der Waals surface area contributed by atoms with Gasteiger partial charge in [0.25, 0.3) is 0 Å². The Labute approximate surface area is 82.1 Å². The summed E-state index contributed by atoms with van der Waals surface area (Å²) < 4.78 is 5.06. The number of hydrogen-bond donors (Lipinski definition) is 2. The third kappa shape index (κ3) is 1.65. The van der Waals surface area contributed by atoms with E-state index < -0.39 is 0 Å². The number of anilines is 1. The van der Waals surface area contributed by atoms with Gasteiger partial charge in [0, 0.05) is 0 Å². The molecule has 0 aliphatic carbocycles. The monoisotopic (exact) mass is 201 g/mol. The molecule has 72 valence electrons. The van der Waals surface area contributed by atoms with Crippen molar-refractivity contribution in [3.8, 4) is 11.5 Å². The van der Waals surface area contributed by atoms with E-state index in [0.29, 0.717) is 5.75 Å². The number of nitrogen functional groups attached to an aromatic ring is 1. The van der Waals surface area contributed by atoms with E-state index in [9.17, 15) is 5.11 Å². The lowest BCUT2D eigenvalue weighted by molar-refractivity contribution is 0.404. The molecule has 3 nitrogen and oxygen atoms in total. The van der Waals surface area contributed by atoms with E-state index in [1.54, 1.807) is 6.07 Å². The first-order valence-electron chi connectivity index (χ1n) is 3.95. The summed E-state index contributed by atoms with van der Waals surface area (Å²) in [6.07, 6.45) is 0.757. The Bertz CT molecular complexity index is 326. The number of nitrogens with two attached hydrogens (primary N) is 1. The van der Waals surface area contributed by atoms with E-state index in [4.69, 9.17) is 22.1 Å². The van der Waals surface area contributed by atoms with Gasteiger partial charge < -0.3 is 15.6 Å². The minimum atomic E-state index is -0.115. The van der Waals surface area contributed by atoms with E-state index in [1.165, 1.54) is 7.11 Å². The molecule has 3 N–H and O–H groups in total. The van der Waals surface area contributed by atoms with Gasteiger partial charge in [0.15, 0.2) is 5.75 Å². The smallest absolute Gasteiger partial charge is 0.161 e. The Hall–Kier alpha value is -1.09. The summed E-state index contributed by atoms with van der Waals surface area (Å²) in [4.78, 5) is 0. The first-order valence-corrected chi connectivity index (χ1v) is 4.33. The number of aromatic hydroxyl groups is 1. The second-order valence-corrected chi connectivity index (χ2v) is 3.05. The van der Waals surface area contributed by atoms with Crippen molar-refractivity contribution < 1.29 is 9.84 Å². The SMILES string of the molecule is CCc1cc(N)c(O)c(Cl)c1OC. The molecule has 0 aromatic heterocycles. The van der Waals surface area contributed by atoms with E-state index in [-0.39, 0.29) is 16.5 Å². The van der Waals surface area contributed by atoms with Gasteiger partial charge in [0.05, 0.1) is 12.8 Å². The van der Waals surface area contributed by atoms with Crippen molar-refractivity contribution in [3.05, 3.63) is 16.7 Å². The molecule has 0 fully saturated rings. The molecule has 1 rings (SSSR count). The standard InChI is InChI=1S/C9H12ClNO2/c1-3-5-4-6(11)8(12)7(10)9(5)13-2/h4,12H,3,11H2,1-2H3. The quantitative estimate of drug-likeness (QED) is 0.570. The van der Waals surface area contributed by atoms with Crippen LogP contribution in [0.3, 0.4) is 0 Å². The molecule has 0 bridgehead atoms. The molecule has 1 aromatic rings. The fourth-order valence-corrected chi connectivity index (χ4v) is 1.49. The van der Waals surface area contributed by atoms with Crippen LogP contribution in [-0.2, 0) is 6.42 Å². The van der Waals surface area contributed by atoms with Gasteiger partial charge in [-0.05, 0) is 18.1 Å². The number of phenols is 1. The molecule has 0 heterocycles. The number of ether oxygens (including phenoxy) is 1. The topological polar surface area (TPSA) is 55.5 Å². The average Bonchev–Trinajstić information content (AvgIpc) is 2.13. The molecule has 0 saturated heterocycles.